The lowest BCUT2D eigenvalue weighted by atomic mass is 10.4. The molecular formula is C6H7Br. The first kappa shape index (κ1) is 6.78. The highest BCUT2D eigenvalue weighted by Gasteiger charge is 1.66. The zero-order valence-corrected chi connectivity index (χ0v) is 5.88. The van der Waals surface area contributed by atoms with E-state index in [1.165, 1.54) is 0 Å². The highest BCUT2D eigenvalue weighted by molar-refractivity contribution is 9.09. The third kappa shape index (κ3) is 5.78. The molecule has 0 aliphatic heterocycles. The minimum absolute atomic E-state index is 0.736. The van der Waals surface area contributed by atoms with Crippen LogP contribution in [0.2, 0.25) is 0 Å². The van der Waals surface area contributed by atoms with Crippen molar-refractivity contribution in [2.45, 2.75) is 6.92 Å². The summed E-state index contributed by atoms with van der Waals surface area (Å²) in [4.78, 5) is 0. The van der Waals surface area contributed by atoms with E-state index in [9.17, 15) is 0 Å². The SMILES string of the molecule is C=C(C)C#CCBr. The van der Waals surface area contributed by atoms with Gasteiger partial charge in [0.2, 0.25) is 0 Å². The molecule has 0 radical (unpaired) electrons. The van der Waals surface area contributed by atoms with Crippen LogP contribution in [0.3, 0.4) is 0 Å². The number of hydrogen-bond acceptors (Lipinski definition) is 0. The second-order valence-corrected chi connectivity index (χ2v) is 1.78. The van der Waals surface area contributed by atoms with Crippen molar-refractivity contribution in [2.75, 3.05) is 5.33 Å². The molecular weight excluding hydrogens is 152 g/mol. The molecule has 0 saturated heterocycles. The van der Waals surface area contributed by atoms with E-state index in [2.05, 4.69) is 34.3 Å². The molecule has 0 N–H and O–H groups in total. The fourth-order valence-corrected chi connectivity index (χ4v) is 0.324. The third-order valence-corrected chi connectivity index (χ3v) is 0.649. The molecule has 0 rings (SSSR count). The van der Waals surface area contributed by atoms with E-state index in [0.717, 1.165) is 10.9 Å². The van der Waals surface area contributed by atoms with Crippen molar-refractivity contribution < 1.29 is 0 Å². The maximum absolute atomic E-state index is 3.60. The summed E-state index contributed by atoms with van der Waals surface area (Å²) in [6, 6.07) is 0. The van der Waals surface area contributed by atoms with Crippen LogP contribution in [0.5, 0.6) is 0 Å². The van der Waals surface area contributed by atoms with Crippen molar-refractivity contribution >= 4 is 15.9 Å². The minimum Gasteiger partial charge on any atom is -0.0877 e. The van der Waals surface area contributed by atoms with Gasteiger partial charge in [-0.15, -0.1) is 0 Å². The Morgan fingerprint density at radius 2 is 2.43 bits per heavy atom. The number of alkyl halides is 1. The van der Waals surface area contributed by atoms with E-state index in [1.807, 2.05) is 6.92 Å². The van der Waals surface area contributed by atoms with Crippen molar-refractivity contribution in [2.24, 2.45) is 0 Å². The number of hydrogen-bond donors (Lipinski definition) is 0. The molecule has 1 heteroatoms. The van der Waals surface area contributed by atoms with Crippen molar-refractivity contribution in [3.63, 3.8) is 0 Å². The summed E-state index contributed by atoms with van der Waals surface area (Å²) in [6.07, 6.45) is 0. The zero-order chi connectivity index (χ0) is 5.70. The van der Waals surface area contributed by atoms with Crippen LogP contribution in [-0.2, 0) is 0 Å². The molecule has 38 valence electrons. The fourth-order valence-electron chi connectivity index (χ4n) is 0.184. The van der Waals surface area contributed by atoms with Crippen molar-refractivity contribution in [1.29, 1.82) is 0 Å². The van der Waals surface area contributed by atoms with E-state index >= 15 is 0 Å². The van der Waals surface area contributed by atoms with Gasteiger partial charge in [-0.05, 0) is 12.5 Å². The molecule has 0 saturated carbocycles. The molecule has 0 spiro atoms. The summed E-state index contributed by atoms with van der Waals surface area (Å²) >= 11 is 3.16. The first-order valence-electron chi connectivity index (χ1n) is 1.97. The average Bonchev–Trinajstić information content (AvgIpc) is 1.61. The molecule has 0 amide bonds. The monoisotopic (exact) mass is 158 g/mol. The maximum Gasteiger partial charge on any atom is 0.0649 e. The van der Waals surface area contributed by atoms with Crippen molar-refractivity contribution in [3.05, 3.63) is 12.2 Å². The lowest BCUT2D eigenvalue weighted by Gasteiger charge is -1.72. The van der Waals surface area contributed by atoms with Crippen LogP contribution >= 0.6 is 15.9 Å². The van der Waals surface area contributed by atoms with Gasteiger partial charge in [0.15, 0.2) is 0 Å². The highest BCUT2D eigenvalue weighted by atomic mass is 79.9. The third-order valence-electron chi connectivity index (χ3n) is 0.369. The first-order chi connectivity index (χ1) is 3.27. The van der Waals surface area contributed by atoms with Crippen LogP contribution < -0.4 is 0 Å². The summed E-state index contributed by atoms with van der Waals surface area (Å²) in [5.41, 5.74) is 0.916. The Hall–Kier alpha value is -0.220. The number of halogens is 1. The topological polar surface area (TPSA) is 0 Å². The van der Waals surface area contributed by atoms with E-state index in [-0.39, 0.29) is 0 Å². The summed E-state index contributed by atoms with van der Waals surface area (Å²) < 4.78 is 0. The quantitative estimate of drug-likeness (QED) is 0.374. The molecule has 0 bridgehead atoms. The van der Waals surface area contributed by atoms with Gasteiger partial charge in [0.05, 0.1) is 5.33 Å². The molecule has 0 aromatic rings. The predicted octanol–water partition coefficient (Wildman–Crippen LogP) is 1.96. The van der Waals surface area contributed by atoms with Crippen LogP contribution in [0.4, 0.5) is 0 Å². The van der Waals surface area contributed by atoms with Gasteiger partial charge < -0.3 is 0 Å². The van der Waals surface area contributed by atoms with Crippen molar-refractivity contribution in [1.82, 2.24) is 0 Å². The van der Waals surface area contributed by atoms with Gasteiger partial charge >= 0.3 is 0 Å². The van der Waals surface area contributed by atoms with Crippen LogP contribution in [0.25, 0.3) is 0 Å². The van der Waals surface area contributed by atoms with Gasteiger partial charge in [0.1, 0.15) is 0 Å². The molecule has 0 aromatic heterocycles. The minimum atomic E-state index is 0.736. The zero-order valence-electron chi connectivity index (χ0n) is 4.29. The lowest BCUT2D eigenvalue weighted by Crippen LogP contribution is -1.62. The standard InChI is InChI=1S/C6H7Br/c1-6(2)4-3-5-7/h1,5H2,2H3. The van der Waals surface area contributed by atoms with E-state index in [4.69, 9.17) is 0 Å². The normalized spacial score (nSPS) is 6.57. The molecule has 0 aliphatic rings. The molecule has 0 nitrogen and oxygen atoms in total. The number of allylic oxidation sites excluding steroid dienone is 1. The highest BCUT2D eigenvalue weighted by Crippen LogP contribution is 1.80. The van der Waals surface area contributed by atoms with Gasteiger partial charge in [-0.1, -0.05) is 34.3 Å². The van der Waals surface area contributed by atoms with Crippen LogP contribution in [0.1, 0.15) is 6.92 Å². The Balaban J connectivity index is 3.45. The largest absolute Gasteiger partial charge is 0.0877 e. The van der Waals surface area contributed by atoms with Crippen LogP contribution in [0, 0.1) is 11.8 Å². The average molecular weight is 159 g/mol. The second kappa shape index (κ2) is 3.95. The maximum atomic E-state index is 3.60. The molecule has 0 aromatic carbocycles. The molecule has 0 heterocycles. The predicted molar refractivity (Wildman–Crippen MR) is 36.4 cm³/mol. The first-order valence-corrected chi connectivity index (χ1v) is 3.10. The Morgan fingerprint density at radius 3 is 2.57 bits per heavy atom. The fraction of sp³-hybridized carbons (Fsp3) is 0.333. The van der Waals surface area contributed by atoms with Gasteiger partial charge in [0.25, 0.3) is 0 Å². The van der Waals surface area contributed by atoms with Gasteiger partial charge in [-0.25, -0.2) is 0 Å². The summed E-state index contributed by atoms with van der Waals surface area (Å²) in [6.45, 7) is 5.48. The second-order valence-electron chi connectivity index (χ2n) is 1.22. The molecule has 0 aliphatic carbocycles. The van der Waals surface area contributed by atoms with Crippen LogP contribution in [0.15, 0.2) is 12.2 Å². The smallest absolute Gasteiger partial charge is 0.0649 e. The Labute approximate surface area is 52.7 Å². The van der Waals surface area contributed by atoms with Crippen molar-refractivity contribution in [3.8, 4) is 11.8 Å². The van der Waals surface area contributed by atoms with E-state index < -0.39 is 0 Å². The van der Waals surface area contributed by atoms with Gasteiger partial charge in [-0.3, -0.25) is 0 Å². The molecule has 0 unspecified atom stereocenters. The Morgan fingerprint density at radius 1 is 1.86 bits per heavy atom. The van der Waals surface area contributed by atoms with Gasteiger partial charge in [0, 0.05) is 0 Å². The lowest BCUT2D eigenvalue weighted by molar-refractivity contribution is 1.62. The Bertz CT molecular complexity index is 114. The Kier molecular flexibility index (Phi) is 3.83. The van der Waals surface area contributed by atoms with E-state index in [0.29, 0.717) is 0 Å². The molecule has 0 fully saturated rings. The summed E-state index contributed by atoms with van der Waals surface area (Å²) in [5, 5.41) is 0.736. The summed E-state index contributed by atoms with van der Waals surface area (Å²) in [5.74, 6) is 5.62. The molecule has 0 atom stereocenters. The van der Waals surface area contributed by atoms with Gasteiger partial charge in [-0.2, -0.15) is 0 Å². The van der Waals surface area contributed by atoms with Crippen LogP contribution in [-0.4, -0.2) is 5.33 Å². The molecule has 7 heavy (non-hydrogen) atoms. The van der Waals surface area contributed by atoms with E-state index in [1.54, 1.807) is 0 Å². The summed E-state index contributed by atoms with van der Waals surface area (Å²) in [7, 11) is 0. The number of rotatable bonds is 0.